The van der Waals surface area contributed by atoms with Crippen LogP contribution in [0.25, 0.3) is 10.9 Å². The second-order valence-corrected chi connectivity index (χ2v) is 9.43. The molecule has 1 heterocycles. The first-order chi connectivity index (χ1) is 20.7. The molecular weight excluding hydrogens is 546 g/mol. The zero-order valence-electron chi connectivity index (χ0n) is 25.6. The van der Waals surface area contributed by atoms with Crippen LogP contribution in [0.4, 0.5) is 21.9 Å². The van der Waals surface area contributed by atoms with Crippen molar-refractivity contribution >= 4 is 39.9 Å². The summed E-state index contributed by atoms with van der Waals surface area (Å²) < 4.78 is 17.1. The molecule has 4 rings (SSSR count). The molecule has 3 N–H and O–H groups in total. The van der Waals surface area contributed by atoms with Gasteiger partial charge in [-0.3, -0.25) is 9.78 Å². The number of likely N-dealkylation sites (N-methyl/N-ethyl adjacent to an activating group) is 1. The van der Waals surface area contributed by atoms with Gasteiger partial charge in [-0.15, -0.1) is 0 Å². The third-order valence-corrected chi connectivity index (χ3v) is 6.02. The molecule has 3 aromatic carbocycles. The zero-order valence-corrected chi connectivity index (χ0v) is 25.6. The lowest BCUT2D eigenvalue weighted by atomic mass is 10.1. The molecule has 0 aliphatic rings. The largest absolute Gasteiger partial charge is 0.493 e. The van der Waals surface area contributed by atoms with Gasteiger partial charge in [0.2, 0.25) is 5.91 Å². The highest BCUT2D eigenvalue weighted by Gasteiger charge is 2.13. The summed E-state index contributed by atoms with van der Waals surface area (Å²) in [6.45, 7) is 6.59. The van der Waals surface area contributed by atoms with Crippen LogP contribution in [0.3, 0.4) is 0 Å². The fourth-order valence-corrected chi connectivity index (χ4v) is 3.93. The number of aryl methyl sites for hydroxylation is 1. The lowest BCUT2D eigenvalue weighted by Gasteiger charge is -2.15. The maximum absolute atomic E-state index is 12.7. The highest BCUT2D eigenvalue weighted by Crippen LogP contribution is 2.38. The van der Waals surface area contributed by atoms with E-state index in [9.17, 15) is 9.59 Å². The summed E-state index contributed by atoms with van der Waals surface area (Å²) in [5.41, 5.74) is 3.32. The third-order valence-electron chi connectivity index (χ3n) is 6.02. The number of urea groups is 1. The predicted molar refractivity (Wildman–Crippen MR) is 173 cm³/mol. The second-order valence-electron chi connectivity index (χ2n) is 9.43. The molecule has 0 bridgehead atoms. The lowest BCUT2D eigenvalue weighted by Crippen LogP contribution is -2.19. The van der Waals surface area contributed by atoms with E-state index >= 15 is 0 Å². The van der Waals surface area contributed by atoms with Gasteiger partial charge in [0.15, 0.2) is 11.5 Å². The Morgan fingerprint density at radius 2 is 1.40 bits per heavy atom. The number of aromatic nitrogens is 1. The molecule has 0 saturated carbocycles. The number of carbonyl (C=O) groups is 2. The first kappa shape index (κ1) is 32.4. The van der Waals surface area contributed by atoms with E-state index in [0.717, 1.165) is 10.9 Å². The van der Waals surface area contributed by atoms with Crippen LogP contribution in [-0.4, -0.2) is 56.7 Å². The van der Waals surface area contributed by atoms with Gasteiger partial charge < -0.3 is 35.1 Å². The molecule has 10 heteroatoms. The van der Waals surface area contributed by atoms with Gasteiger partial charge in [-0.05, 0) is 69.0 Å². The first-order valence-corrected chi connectivity index (χ1v) is 13.9. The summed E-state index contributed by atoms with van der Waals surface area (Å²) in [7, 11) is 7.00. The Hall–Kier alpha value is -5.09. The Balaban J connectivity index is 0.00000248. The number of methoxy groups -OCH3 is 2. The molecule has 0 atom stereocenters. The average molecular weight is 586 g/mol. The van der Waals surface area contributed by atoms with E-state index in [0.29, 0.717) is 52.1 Å². The van der Waals surface area contributed by atoms with Crippen LogP contribution < -0.4 is 30.2 Å². The number of nitrogens with zero attached hydrogens (tertiary/aromatic N) is 2. The summed E-state index contributed by atoms with van der Waals surface area (Å²) in [5, 5.41) is 9.17. The van der Waals surface area contributed by atoms with Crippen LogP contribution in [0.2, 0.25) is 0 Å². The Labute approximate surface area is 252 Å². The molecule has 0 saturated heterocycles. The number of pyridine rings is 1. The van der Waals surface area contributed by atoms with Gasteiger partial charge in [0.05, 0.1) is 19.7 Å². The summed E-state index contributed by atoms with van der Waals surface area (Å²) >= 11 is 0. The molecule has 43 heavy (non-hydrogen) atoms. The normalized spacial score (nSPS) is 10.6. The van der Waals surface area contributed by atoms with Crippen molar-refractivity contribution in [2.75, 3.05) is 50.8 Å². The van der Waals surface area contributed by atoms with E-state index in [1.165, 1.54) is 6.08 Å². The SMILES string of the molecule is CC.COc1cc2nccc(Oc3cc(NC(=O)Nc4ccc(NC(=O)/C=C/CN(C)C)cc4)ccc3C)c2cc1OC. The first-order valence-electron chi connectivity index (χ1n) is 13.9. The van der Waals surface area contributed by atoms with Crippen molar-refractivity contribution in [1.82, 2.24) is 9.88 Å². The van der Waals surface area contributed by atoms with Gasteiger partial charge in [-0.25, -0.2) is 4.79 Å². The van der Waals surface area contributed by atoms with Crippen molar-refractivity contribution in [3.8, 4) is 23.0 Å². The number of benzene rings is 3. The van der Waals surface area contributed by atoms with Crippen molar-refractivity contribution in [3.05, 3.63) is 84.6 Å². The quantitative estimate of drug-likeness (QED) is 0.170. The standard InChI is InChI=1S/C31H33N5O5.C2H6/c1-20-8-9-23(17-27(20)41-26-14-15-32-25-19-29(40-5)28(39-4)18-24(25)26)35-31(38)34-22-12-10-21(11-13-22)33-30(37)7-6-16-36(2)3;1-2/h6-15,17-19H,16H2,1-5H3,(H,33,37)(H2,34,35,38);1-2H3/b7-6+;. The number of carbonyl (C=O) groups excluding carboxylic acids is 2. The van der Waals surface area contributed by atoms with Gasteiger partial charge >= 0.3 is 6.03 Å². The lowest BCUT2D eigenvalue weighted by molar-refractivity contribution is -0.111. The second kappa shape index (κ2) is 15.8. The van der Waals surface area contributed by atoms with Crippen LogP contribution in [-0.2, 0) is 4.79 Å². The van der Waals surface area contributed by atoms with Crippen LogP contribution in [0.5, 0.6) is 23.0 Å². The monoisotopic (exact) mass is 585 g/mol. The summed E-state index contributed by atoms with van der Waals surface area (Å²) in [6.07, 6.45) is 4.93. The average Bonchev–Trinajstić information content (AvgIpc) is 3.00. The molecule has 226 valence electrons. The van der Waals surface area contributed by atoms with Crippen LogP contribution in [0.1, 0.15) is 19.4 Å². The van der Waals surface area contributed by atoms with Gasteiger partial charge in [-0.1, -0.05) is 26.0 Å². The molecule has 10 nitrogen and oxygen atoms in total. The molecule has 0 aliphatic heterocycles. The van der Waals surface area contributed by atoms with Crippen LogP contribution >= 0.6 is 0 Å². The van der Waals surface area contributed by atoms with Crippen molar-refractivity contribution in [1.29, 1.82) is 0 Å². The smallest absolute Gasteiger partial charge is 0.323 e. The van der Waals surface area contributed by atoms with Crippen molar-refractivity contribution < 1.29 is 23.8 Å². The third kappa shape index (κ3) is 9.20. The minimum Gasteiger partial charge on any atom is -0.493 e. The summed E-state index contributed by atoms with van der Waals surface area (Å²) in [5.74, 6) is 2.08. The highest BCUT2D eigenvalue weighted by molar-refractivity contribution is 6.01. The molecule has 0 unspecified atom stereocenters. The van der Waals surface area contributed by atoms with Crippen molar-refractivity contribution in [2.45, 2.75) is 20.8 Å². The Morgan fingerprint density at radius 3 is 2.05 bits per heavy atom. The fourth-order valence-electron chi connectivity index (χ4n) is 3.93. The van der Waals surface area contributed by atoms with E-state index in [2.05, 4.69) is 20.9 Å². The number of rotatable bonds is 10. The Morgan fingerprint density at radius 1 is 0.791 bits per heavy atom. The van der Waals surface area contributed by atoms with Gasteiger partial charge in [0, 0.05) is 53.4 Å². The maximum Gasteiger partial charge on any atom is 0.323 e. The molecule has 1 aromatic heterocycles. The molecule has 0 aliphatic carbocycles. The van der Waals surface area contributed by atoms with E-state index in [1.807, 2.05) is 51.9 Å². The molecule has 4 aromatic rings. The van der Waals surface area contributed by atoms with Crippen LogP contribution in [0, 0.1) is 6.92 Å². The number of ether oxygens (including phenoxy) is 3. The van der Waals surface area contributed by atoms with E-state index < -0.39 is 6.03 Å². The highest BCUT2D eigenvalue weighted by atomic mass is 16.5. The zero-order chi connectivity index (χ0) is 31.4. The molecule has 0 spiro atoms. The number of amides is 3. The van der Waals surface area contributed by atoms with Crippen molar-refractivity contribution in [2.24, 2.45) is 0 Å². The predicted octanol–water partition coefficient (Wildman–Crippen LogP) is 7.08. The van der Waals surface area contributed by atoms with Crippen molar-refractivity contribution in [3.63, 3.8) is 0 Å². The Kier molecular flexibility index (Phi) is 11.9. The summed E-state index contributed by atoms with van der Waals surface area (Å²) in [4.78, 5) is 31.1. The number of fused-ring (bicyclic) bond motifs is 1. The minimum absolute atomic E-state index is 0.221. The fraction of sp³-hybridized carbons (Fsp3) is 0.242. The Bertz CT molecular complexity index is 1570. The minimum atomic E-state index is -0.422. The molecule has 3 amide bonds. The number of hydrogen-bond donors (Lipinski definition) is 3. The summed E-state index contributed by atoms with van der Waals surface area (Å²) in [6, 6.07) is 17.2. The van der Waals surface area contributed by atoms with Gasteiger partial charge in [0.25, 0.3) is 0 Å². The molecule has 0 radical (unpaired) electrons. The number of anilines is 3. The van der Waals surface area contributed by atoms with Gasteiger partial charge in [-0.2, -0.15) is 0 Å². The van der Waals surface area contributed by atoms with E-state index in [4.69, 9.17) is 14.2 Å². The number of hydrogen-bond acceptors (Lipinski definition) is 7. The van der Waals surface area contributed by atoms with E-state index in [1.54, 1.807) is 75.0 Å². The van der Waals surface area contributed by atoms with Gasteiger partial charge in [0.1, 0.15) is 11.5 Å². The molecule has 0 fully saturated rings. The topological polar surface area (TPSA) is 114 Å². The van der Waals surface area contributed by atoms with Crippen LogP contribution in [0.15, 0.2) is 79.0 Å². The van der Waals surface area contributed by atoms with E-state index in [-0.39, 0.29) is 5.91 Å². The molecular formula is C33H39N5O5. The maximum atomic E-state index is 12.7. The number of nitrogens with one attached hydrogen (secondary N) is 3.